The highest BCUT2D eigenvalue weighted by Gasteiger charge is 2.19. The van der Waals surface area contributed by atoms with Gasteiger partial charge in [-0.2, -0.15) is 0 Å². The first-order valence-electron chi connectivity index (χ1n) is 3.21. The van der Waals surface area contributed by atoms with E-state index in [1.807, 2.05) is 12.1 Å². The van der Waals surface area contributed by atoms with Crippen molar-refractivity contribution in [2.75, 3.05) is 0 Å². The van der Waals surface area contributed by atoms with Gasteiger partial charge >= 0.3 is 0 Å². The van der Waals surface area contributed by atoms with E-state index in [0.29, 0.717) is 10.0 Å². The van der Waals surface area contributed by atoms with E-state index in [0.717, 1.165) is 12.5 Å². The maximum atomic E-state index is 9.00. The fourth-order valence-electron chi connectivity index (χ4n) is 0.757. The van der Waals surface area contributed by atoms with Gasteiger partial charge in [-0.25, -0.2) is 0 Å². The van der Waals surface area contributed by atoms with Crippen molar-refractivity contribution in [3.63, 3.8) is 0 Å². The van der Waals surface area contributed by atoms with Crippen LogP contribution < -0.4 is 0 Å². The van der Waals surface area contributed by atoms with E-state index in [9.17, 15) is 0 Å². The third-order valence-corrected chi connectivity index (χ3v) is 2.06. The summed E-state index contributed by atoms with van der Waals surface area (Å²) < 4.78 is 0. The highest BCUT2D eigenvalue weighted by Crippen LogP contribution is 2.46. The zero-order valence-electron chi connectivity index (χ0n) is 6.27. The van der Waals surface area contributed by atoms with Gasteiger partial charge in [0.05, 0.1) is 10.0 Å². The van der Waals surface area contributed by atoms with Crippen LogP contribution in [0.15, 0.2) is 12.1 Å². The Morgan fingerprint density at radius 1 is 1.42 bits per heavy atom. The van der Waals surface area contributed by atoms with Crippen LogP contribution >= 0.6 is 23.2 Å². The Hall–Kier alpha value is -0.730. The van der Waals surface area contributed by atoms with Gasteiger partial charge in [0.1, 0.15) is 0 Å². The monoisotopic (exact) mass is 204 g/mol. The molecule has 0 fully saturated rings. The lowest BCUT2D eigenvalue weighted by Crippen LogP contribution is -1.78. The first kappa shape index (κ1) is 9.36. The van der Waals surface area contributed by atoms with E-state index >= 15 is 0 Å². The second-order valence-corrected chi connectivity index (χ2v) is 3.12. The smallest absolute Gasteiger partial charge is 0.300 e. The summed E-state index contributed by atoms with van der Waals surface area (Å²) in [5.41, 5.74) is 2.32. The fraction of sp³-hybridized carbons (Fsp3) is 0.125. The van der Waals surface area contributed by atoms with E-state index in [-0.39, 0.29) is 0 Å². The third-order valence-electron chi connectivity index (χ3n) is 1.26. The quantitative estimate of drug-likeness (QED) is 0.717. The maximum absolute atomic E-state index is 9.00. The summed E-state index contributed by atoms with van der Waals surface area (Å²) >= 11 is 11.3. The zero-order valence-corrected chi connectivity index (χ0v) is 7.78. The van der Waals surface area contributed by atoms with E-state index in [4.69, 9.17) is 33.1 Å². The van der Waals surface area contributed by atoms with Crippen LogP contribution in [0.1, 0.15) is 6.92 Å². The molecule has 0 aliphatic heterocycles. The second-order valence-electron chi connectivity index (χ2n) is 2.34. The number of aliphatic carboxylic acids is 1. The largest absolute Gasteiger partial charge is 0.481 e. The van der Waals surface area contributed by atoms with Crippen molar-refractivity contribution in [3.05, 3.63) is 22.2 Å². The van der Waals surface area contributed by atoms with Crippen LogP contribution in [0.4, 0.5) is 0 Å². The van der Waals surface area contributed by atoms with E-state index in [2.05, 4.69) is 0 Å². The molecule has 2 rings (SSSR count). The molecule has 0 bridgehead atoms. The van der Waals surface area contributed by atoms with Crippen molar-refractivity contribution in [3.8, 4) is 11.1 Å². The van der Waals surface area contributed by atoms with Crippen molar-refractivity contribution < 1.29 is 9.90 Å². The van der Waals surface area contributed by atoms with Crippen LogP contribution in [0.5, 0.6) is 0 Å². The first-order chi connectivity index (χ1) is 5.52. The Labute approximate surface area is 79.7 Å². The van der Waals surface area contributed by atoms with Gasteiger partial charge in [0, 0.05) is 12.5 Å². The summed E-state index contributed by atoms with van der Waals surface area (Å²) in [6.45, 7) is 1.08. The lowest BCUT2D eigenvalue weighted by molar-refractivity contribution is -0.134. The summed E-state index contributed by atoms with van der Waals surface area (Å²) in [4.78, 5) is 9.00. The van der Waals surface area contributed by atoms with Crippen LogP contribution in [0.3, 0.4) is 0 Å². The molecule has 2 aliphatic rings. The minimum atomic E-state index is -0.833. The molecular formula is C8H6Cl2O2. The molecule has 2 aliphatic carbocycles. The van der Waals surface area contributed by atoms with Gasteiger partial charge in [0.2, 0.25) is 0 Å². The van der Waals surface area contributed by atoms with E-state index in [1.54, 1.807) is 0 Å². The van der Waals surface area contributed by atoms with Crippen molar-refractivity contribution in [1.29, 1.82) is 0 Å². The Kier molecular flexibility index (Phi) is 2.60. The topological polar surface area (TPSA) is 37.3 Å². The van der Waals surface area contributed by atoms with Gasteiger partial charge in [-0.05, 0) is 17.7 Å². The molecule has 2 nitrogen and oxygen atoms in total. The van der Waals surface area contributed by atoms with Crippen LogP contribution in [0.2, 0.25) is 10.0 Å². The minimum absolute atomic E-state index is 0.680. The molecular weight excluding hydrogens is 199 g/mol. The average molecular weight is 205 g/mol. The molecule has 0 saturated heterocycles. The maximum Gasteiger partial charge on any atom is 0.300 e. The number of fused-ring (bicyclic) bond motifs is 1. The van der Waals surface area contributed by atoms with Gasteiger partial charge in [-0.3, -0.25) is 4.79 Å². The Bertz CT molecular complexity index is 330. The number of carboxylic acid groups (broad SMARTS) is 1. The summed E-state index contributed by atoms with van der Waals surface area (Å²) in [7, 11) is 0. The number of benzene rings is 1. The van der Waals surface area contributed by atoms with Crippen LogP contribution in [-0.2, 0) is 4.79 Å². The molecule has 0 heterocycles. The molecule has 1 N–H and O–H groups in total. The van der Waals surface area contributed by atoms with E-state index < -0.39 is 5.97 Å². The Morgan fingerprint density at radius 2 is 1.92 bits per heavy atom. The predicted octanol–water partition coefficient (Wildman–Crippen LogP) is 3.06. The molecule has 0 atom stereocenters. The van der Waals surface area contributed by atoms with Crippen molar-refractivity contribution >= 4 is 29.2 Å². The lowest BCUT2D eigenvalue weighted by atomic mass is 10.5. The number of carboxylic acids is 1. The lowest BCUT2D eigenvalue weighted by Gasteiger charge is -1.77. The molecule has 0 saturated carbocycles. The molecule has 12 heavy (non-hydrogen) atoms. The van der Waals surface area contributed by atoms with Gasteiger partial charge in [0.15, 0.2) is 0 Å². The van der Waals surface area contributed by atoms with Gasteiger partial charge in [0.25, 0.3) is 5.97 Å². The van der Waals surface area contributed by atoms with Gasteiger partial charge in [-0.15, -0.1) is 0 Å². The fourth-order valence-corrected chi connectivity index (χ4v) is 1.20. The molecule has 0 aromatic heterocycles. The number of hydrogen-bond acceptors (Lipinski definition) is 1. The van der Waals surface area contributed by atoms with Crippen molar-refractivity contribution in [2.24, 2.45) is 0 Å². The summed E-state index contributed by atoms with van der Waals surface area (Å²) in [5, 5.41) is 8.81. The SMILES string of the molecule is CC(=O)O.Clc1cc2cc-2c1Cl. The van der Waals surface area contributed by atoms with E-state index in [1.165, 1.54) is 5.56 Å². The third kappa shape index (κ3) is 2.13. The molecule has 0 amide bonds. The number of rotatable bonds is 0. The average Bonchev–Trinajstić information content (AvgIpc) is 2.59. The van der Waals surface area contributed by atoms with Crippen LogP contribution in [-0.4, -0.2) is 11.1 Å². The molecule has 64 valence electrons. The predicted molar refractivity (Wildman–Crippen MR) is 48.8 cm³/mol. The van der Waals surface area contributed by atoms with Crippen molar-refractivity contribution in [1.82, 2.24) is 0 Å². The Balaban J connectivity index is 0.000000157. The number of hydrogen-bond donors (Lipinski definition) is 1. The molecule has 0 unspecified atom stereocenters. The minimum Gasteiger partial charge on any atom is -0.481 e. The number of carbonyl (C=O) groups is 1. The summed E-state index contributed by atoms with van der Waals surface area (Å²) in [6, 6.07) is 3.88. The van der Waals surface area contributed by atoms with Crippen molar-refractivity contribution in [2.45, 2.75) is 6.92 Å². The molecule has 0 radical (unpaired) electrons. The number of halogens is 2. The Morgan fingerprint density at radius 3 is 2.08 bits per heavy atom. The second kappa shape index (κ2) is 3.33. The summed E-state index contributed by atoms with van der Waals surface area (Å²) in [6.07, 6.45) is 0. The molecule has 0 aromatic rings. The van der Waals surface area contributed by atoms with Crippen LogP contribution in [0.25, 0.3) is 11.1 Å². The highest BCUT2D eigenvalue weighted by atomic mass is 35.5. The normalized spacial score (nSPS) is 9.92. The molecule has 0 aromatic carbocycles. The van der Waals surface area contributed by atoms with Gasteiger partial charge < -0.3 is 5.11 Å². The zero-order chi connectivity index (χ0) is 9.30. The molecule has 4 heteroatoms. The van der Waals surface area contributed by atoms with Crippen LogP contribution in [0, 0.1) is 0 Å². The highest BCUT2D eigenvalue weighted by molar-refractivity contribution is 6.45. The standard InChI is InChI=1S/C6H2Cl2.C2H4O2/c7-5-2-3-1-4(3)6(5)8;1-2(3)4/h1-2H;1H3,(H,3,4). The molecule has 0 spiro atoms. The summed E-state index contributed by atoms with van der Waals surface area (Å²) in [5.74, 6) is -0.833. The van der Waals surface area contributed by atoms with Gasteiger partial charge in [-0.1, -0.05) is 23.2 Å². The first-order valence-corrected chi connectivity index (χ1v) is 3.97.